The molecule has 1 unspecified atom stereocenters. The van der Waals surface area contributed by atoms with E-state index in [1.54, 1.807) is 6.20 Å². The van der Waals surface area contributed by atoms with E-state index in [9.17, 15) is 9.59 Å². The first-order chi connectivity index (χ1) is 20.6. The molecule has 6 rings (SSSR count). The second-order valence-electron chi connectivity index (χ2n) is 13.6. The summed E-state index contributed by atoms with van der Waals surface area (Å²) in [5.41, 5.74) is 6.58. The first-order valence-corrected chi connectivity index (χ1v) is 16.7. The molecule has 0 spiro atoms. The van der Waals surface area contributed by atoms with Crippen molar-refractivity contribution in [3.05, 3.63) is 86.3 Å². The highest BCUT2D eigenvalue weighted by Gasteiger charge is 2.30. The van der Waals surface area contributed by atoms with Crippen molar-refractivity contribution in [3.63, 3.8) is 0 Å². The maximum absolute atomic E-state index is 13.7. The number of nitrogens with one attached hydrogen (secondary N) is 2. The van der Waals surface area contributed by atoms with Crippen LogP contribution in [0.4, 0.5) is 0 Å². The summed E-state index contributed by atoms with van der Waals surface area (Å²) >= 11 is 1.51. The molecule has 43 heavy (non-hydrogen) atoms. The van der Waals surface area contributed by atoms with Gasteiger partial charge in [0.15, 0.2) is 0 Å². The quantitative estimate of drug-likeness (QED) is 0.232. The molecule has 4 aromatic rings. The molecule has 6 nitrogen and oxygen atoms in total. The van der Waals surface area contributed by atoms with Gasteiger partial charge in [0, 0.05) is 29.4 Å². The van der Waals surface area contributed by atoms with Crippen LogP contribution in [0, 0.1) is 18.3 Å². The van der Waals surface area contributed by atoms with E-state index in [1.165, 1.54) is 48.3 Å². The van der Waals surface area contributed by atoms with Gasteiger partial charge in [-0.05, 0) is 110 Å². The van der Waals surface area contributed by atoms with E-state index < -0.39 is 0 Å². The number of piperidine rings is 1. The molecule has 1 aromatic carbocycles. The second-order valence-corrected chi connectivity index (χ2v) is 14.7. The number of aromatic amines is 1. The Morgan fingerprint density at radius 3 is 2.58 bits per heavy atom. The fourth-order valence-corrected chi connectivity index (χ4v) is 7.63. The van der Waals surface area contributed by atoms with Gasteiger partial charge in [-0.15, -0.1) is 11.3 Å². The molecule has 1 aliphatic carbocycles. The van der Waals surface area contributed by atoms with Gasteiger partial charge in [0.25, 0.3) is 11.5 Å². The van der Waals surface area contributed by atoms with Crippen molar-refractivity contribution >= 4 is 27.5 Å². The summed E-state index contributed by atoms with van der Waals surface area (Å²) in [5.74, 6) is 0.624. The first-order valence-electron chi connectivity index (χ1n) is 15.9. The average Bonchev–Trinajstić information content (AvgIpc) is 3.42. The number of fused-ring (bicyclic) bond motifs is 2. The summed E-state index contributed by atoms with van der Waals surface area (Å²) in [4.78, 5) is 37.6. The lowest BCUT2D eigenvalue weighted by atomic mass is 9.71. The Morgan fingerprint density at radius 1 is 1.09 bits per heavy atom. The molecule has 0 saturated carbocycles. The number of benzene rings is 1. The lowest BCUT2D eigenvalue weighted by molar-refractivity contribution is 0.0934. The first kappa shape index (κ1) is 29.8. The number of H-pyrrole nitrogens is 1. The maximum Gasteiger partial charge on any atom is 0.261 e. The van der Waals surface area contributed by atoms with E-state index in [1.807, 2.05) is 19.1 Å². The van der Waals surface area contributed by atoms with Gasteiger partial charge >= 0.3 is 0 Å². The highest BCUT2D eigenvalue weighted by Crippen LogP contribution is 2.38. The summed E-state index contributed by atoms with van der Waals surface area (Å²) in [6.07, 6.45) is 9.67. The molecule has 4 heterocycles. The predicted octanol–water partition coefficient (Wildman–Crippen LogP) is 7.46. The maximum atomic E-state index is 13.7. The number of aromatic nitrogens is 2. The van der Waals surface area contributed by atoms with Crippen molar-refractivity contribution in [2.24, 2.45) is 11.3 Å². The smallest absolute Gasteiger partial charge is 0.261 e. The van der Waals surface area contributed by atoms with Gasteiger partial charge in [0.05, 0.1) is 10.9 Å². The van der Waals surface area contributed by atoms with Gasteiger partial charge in [0.2, 0.25) is 0 Å². The van der Waals surface area contributed by atoms with Crippen molar-refractivity contribution in [3.8, 4) is 11.1 Å². The zero-order chi connectivity index (χ0) is 30.1. The average molecular weight is 597 g/mol. The molecule has 0 bridgehead atoms. The van der Waals surface area contributed by atoms with Crippen LogP contribution in [0.3, 0.4) is 0 Å². The SMILES string of the molecule is Cc1cc(-c2ccc(C(CCN3CCCCC3)NC(=O)c3cc4cc5c(nc4s3)CC[C@H](C(C)(C)C)C5)cc2)c[nH]c1=O. The van der Waals surface area contributed by atoms with Crippen molar-refractivity contribution < 1.29 is 4.79 Å². The molecule has 1 aliphatic heterocycles. The Hall–Kier alpha value is -3.29. The fraction of sp³-hybridized carbons (Fsp3) is 0.472. The second kappa shape index (κ2) is 12.4. The minimum atomic E-state index is -0.0975. The standard InChI is InChI=1S/C36H44N4O2S/c1-23-18-28(22-37-33(23)41)24-8-10-25(11-9-24)31(14-17-40-15-6-5-7-16-40)38-34(42)32-21-27-19-26-20-29(36(2,3)4)12-13-30(26)39-35(27)43-32/h8-11,18-19,21-22,29,31H,5-7,12-17,20H2,1-4H3,(H,37,41)(H,38,42)/t29-,31?/m0/s1. The van der Waals surface area contributed by atoms with Crippen LogP contribution in [-0.2, 0) is 12.8 Å². The highest BCUT2D eigenvalue weighted by molar-refractivity contribution is 7.20. The molecule has 226 valence electrons. The summed E-state index contributed by atoms with van der Waals surface area (Å²) in [5, 5.41) is 4.47. The molecule has 1 fully saturated rings. The van der Waals surface area contributed by atoms with E-state index in [2.05, 4.69) is 66.3 Å². The highest BCUT2D eigenvalue weighted by atomic mass is 32.1. The predicted molar refractivity (Wildman–Crippen MR) is 177 cm³/mol. The molecular formula is C36H44N4O2S. The Bertz CT molecular complexity index is 1660. The Morgan fingerprint density at radius 2 is 1.86 bits per heavy atom. The minimum Gasteiger partial charge on any atom is -0.344 e. The van der Waals surface area contributed by atoms with Gasteiger partial charge in [-0.25, -0.2) is 4.98 Å². The lowest BCUT2D eigenvalue weighted by Crippen LogP contribution is -2.35. The largest absolute Gasteiger partial charge is 0.344 e. The van der Waals surface area contributed by atoms with E-state index in [4.69, 9.17) is 4.98 Å². The summed E-state index contributed by atoms with van der Waals surface area (Å²) in [7, 11) is 0. The van der Waals surface area contributed by atoms with Crippen LogP contribution in [-0.4, -0.2) is 40.4 Å². The topological polar surface area (TPSA) is 78.1 Å². The summed E-state index contributed by atoms with van der Waals surface area (Å²) < 4.78 is 0. The van der Waals surface area contributed by atoms with Crippen LogP contribution >= 0.6 is 11.3 Å². The Kier molecular flexibility index (Phi) is 8.56. The molecule has 0 radical (unpaired) electrons. The third kappa shape index (κ3) is 6.78. The van der Waals surface area contributed by atoms with Gasteiger partial charge in [0.1, 0.15) is 4.83 Å². The Labute approximate surface area is 258 Å². The number of aryl methyl sites for hydroxylation is 2. The summed E-state index contributed by atoms with van der Waals surface area (Å²) in [6, 6.07) is 14.5. The number of carbonyl (C=O) groups excluding carboxylic acids is 1. The molecule has 1 amide bonds. The number of nitrogens with zero attached hydrogens (tertiary/aromatic N) is 2. The molecule has 3 aromatic heterocycles. The lowest BCUT2D eigenvalue weighted by Gasteiger charge is -2.34. The van der Waals surface area contributed by atoms with E-state index in [0.29, 0.717) is 11.5 Å². The zero-order valence-electron chi connectivity index (χ0n) is 26.0. The number of rotatable bonds is 7. The van der Waals surface area contributed by atoms with Crippen molar-refractivity contribution in [1.82, 2.24) is 20.2 Å². The third-order valence-corrected chi connectivity index (χ3v) is 10.6. The number of amides is 1. The van der Waals surface area contributed by atoms with Crippen LogP contribution in [0.1, 0.15) is 91.0 Å². The number of hydrogen-bond acceptors (Lipinski definition) is 5. The number of thiophene rings is 1. The molecular weight excluding hydrogens is 552 g/mol. The molecule has 7 heteroatoms. The number of hydrogen-bond donors (Lipinski definition) is 2. The zero-order valence-corrected chi connectivity index (χ0v) is 26.8. The van der Waals surface area contributed by atoms with Crippen molar-refractivity contribution in [1.29, 1.82) is 0 Å². The monoisotopic (exact) mass is 596 g/mol. The molecule has 2 N–H and O–H groups in total. The van der Waals surface area contributed by atoms with Gasteiger partial charge in [-0.1, -0.05) is 51.5 Å². The molecule has 2 atom stereocenters. The van der Waals surface area contributed by atoms with Crippen LogP contribution < -0.4 is 10.9 Å². The Balaban J connectivity index is 1.22. The van der Waals surface area contributed by atoms with Crippen molar-refractivity contribution in [2.45, 2.75) is 78.7 Å². The number of pyridine rings is 2. The molecule has 2 aliphatic rings. The minimum absolute atomic E-state index is 0.0301. The molecule has 1 saturated heterocycles. The van der Waals surface area contributed by atoms with Crippen LogP contribution in [0.2, 0.25) is 0 Å². The van der Waals surface area contributed by atoms with Crippen LogP contribution in [0.15, 0.2) is 53.5 Å². The van der Waals surface area contributed by atoms with E-state index >= 15 is 0 Å². The van der Waals surface area contributed by atoms with Crippen LogP contribution in [0.5, 0.6) is 0 Å². The number of likely N-dealkylation sites (tertiary alicyclic amines) is 1. The van der Waals surface area contributed by atoms with E-state index in [0.717, 1.165) is 70.7 Å². The normalized spacial score (nSPS) is 18.4. The van der Waals surface area contributed by atoms with Crippen molar-refractivity contribution in [2.75, 3.05) is 19.6 Å². The fourth-order valence-electron chi connectivity index (χ4n) is 6.69. The van der Waals surface area contributed by atoms with Gasteiger partial charge < -0.3 is 15.2 Å². The van der Waals surface area contributed by atoms with E-state index in [-0.39, 0.29) is 22.9 Å². The van der Waals surface area contributed by atoms with Gasteiger partial charge in [-0.3, -0.25) is 9.59 Å². The van der Waals surface area contributed by atoms with Gasteiger partial charge in [-0.2, -0.15) is 0 Å². The third-order valence-electron chi connectivity index (χ3n) is 9.54. The number of carbonyl (C=O) groups is 1. The van der Waals surface area contributed by atoms with Crippen LogP contribution in [0.25, 0.3) is 21.3 Å². The summed E-state index contributed by atoms with van der Waals surface area (Å²) in [6.45, 7) is 12.1.